The molecule has 9 nitrogen and oxygen atoms in total. The van der Waals surface area contributed by atoms with Gasteiger partial charge in [0.2, 0.25) is 0 Å². The predicted molar refractivity (Wildman–Crippen MR) is 69.3 cm³/mol. The van der Waals surface area contributed by atoms with Crippen LogP contribution in [0.25, 0.3) is 0 Å². The van der Waals surface area contributed by atoms with Gasteiger partial charge in [0.1, 0.15) is 0 Å². The van der Waals surface area contributed by atoms with Gasteiger partial charge < -0.3 is 5.71 Å². The molecule has 0 aromatic rings. The van der Waals surface area contributed by atoms with Crippen molar-refractivity contribution in [1.82, 2.24) is 0 Å². The van der Waals surface area contributed by atoms with Crippen LogP contribution in [0.4, 0.5) is 4.79 Å². The van der Waals surface area contributed by atoms with Gasteiger partial charge in [-0.05, 0) is 21.9 Å². The van der Waals surface area contributed by atoms with E-state index in [4.69, 9.17) is 9.11 Å². The maximum Gasteiger partial charge on any atom is 2.00 e. The fraction of sp³-hybridized carbons (Fsp3) is 0. The molecular formula is CH14Ca2O9S2Si2. The van der Waals surface area contributed by atoms with Crippen LogP contribution in [0.3, 0.4) is 0 Å². The number of hydrogen-bond acceptors (Lipinski definition) is 7. The van der Waals surface area contributed by atoms with Gasteiger partial charge in [-0.25, -0.2) is 4.79 Å². The molecule has 0 bridgehead atoms. The van der Waals surface area contributed by atoms with Crippen LogP contribution in [0, 0.1) is 0 Å². The molecule has 96 valence electrons. The molecule has 0 aliphatic rings. The molecule has 0 rings (SSSR count). The van der Waals surface area contributed by atoms with Gasteiger partial charge in [-0.15, -0.1) is 0 Å². The Labute approximate surface area is 167 Å². The van der Waals surface area contributed by atoms with E-state index in [2.05, 4.69) is 8.37 Å². The van der Waals surface area contributed by atoms with E-state index in [0.717, 1.165) is 0 Å². The fourth-order valence-corrected chi connectivity index (χ4v) is 0.641. The minimum atomic E-state index is -5.15. The third-order valence-corrected chi connectivity index (χ3v) is 1.04. The summed E-state index contributed by atoms with van der Waals surface area (Å²) in [5.74, 6) is 0. The maximum atomic E-state index is 9.95. The normalized spacial score (nSPS) is 9.12. The summed E-state index contributed by atoms with van der Waals surface area (Å²) < 4.78 is 60.1. The Bertz CT molecular complexity index is 351. The van der Waals surface area contributed by atoms with E-state index in [1.54, 1.807) is 0 Å². The average molecular weight is 371 g/mol. The van der Waals surface area contributed by atoms with Crippen LogP contribution in [0.2, 0.25) is 0 Å². The Hall–Kier alpha value is 2.04. The number of carbonyl (C=O) groups is 1. The monoisotopic (exact) mass is 370 g/mol. The van der Waals surface area contributed by atoms with Crippen molar-refractivity contribution in [2.24, 2.45) is 0 Å². The van der Waals surface area contributed by atoms with Crippen molar-refractivity contribution in [3.05, 3.63) is 0 Å². The second-order valence-corrected chi connectivity index (χ2v) is 3.32. The summed E-state index contributed by atoms with van der Waals surface area (Å²) in [7, 11) is -10.3. The second kappa shape index (κ2) is 12.1. The molecule has 0 unspecified atom stereocenters. The Morgan fingerprint density at radius 1 is 0.875 bits per heavy atom. The number of carbonyl (C=O) groups excluding carboxylic acids is 1. The van der Waals surface area contributed by atoms with Crippen molar-refractivity contribution in [3.63, 3.8) is 0 Å². The summed E-state index contributed by atoms with van der Waals surface area (Å²) in [5.41, 5.74) is 0. The first-order valence-electron chi connectivity index (χ1n) is 1.98. The summed E-state index contributed by atoms with van der Waals surface area (Å²) in [6.45, 7) is 0. The minimum absolute atomic E-state index is 0. The molecule has 0 aromatic heterocycles. The Morgan fingerprint density at radius 3 is 1.19 bits per heavy atom. The van der Waals surface area contributed by atoms with Gasteiger partial charge in [-0.1, -0.05) is 0 Å². The third kappa shape index (κ3) is 25.0. The standard InChI is InChI=1S/CH2O9S2.2Ca.2H4Si.4H/c2-1(9-11(3,4)5)10-12(6,7)8;;;;;;;;/h(H,3,4,5)(H,6,7,8);;;2*1H4;;;;/q;2*+2;;;4*-1. The van der Waals surface area contributed by atoms with Crippen LogP contribution in [-0.2, 0) is 29.2 Å². The predicted octanol–water partition coefficient (Wildman–Crippen LogP) is -4.47. The molecule has 0 heterocycles. The first-order valence-corrected chi connectivity index (χ1v) is 4.71. The summed E-state index contributed by atoms with van der Waals surface area (Å²) in [5, 5.41) is 0. The smallest absolute Gasteiger partial charge is 1.00 e. The van der Waals surface area contributed by atoms with Crippen molar-refractivity contribution in [2.45, 2.75) is 0 Å². The SMILES string of the molecule is O=C(OS(=O)(=O)O)OS(=O)(=O)O.[Ca+2].[Ca+2].[H-].[H-].[H-].[H-].[SiH4].[SiH4]. The quantitative estimate of drug-likeness (QED) is 0.363. The maximum absolute atomic E-state index is 9.95. The molecule has 15 heteroatoms. The zero-order valence-corrected chi connectivity index (χ0v) is 12.5. The van der Waals surface area contributed by atoms with E-state index in [0.29, 0.717) is 0 Å². The Kier molecular flexibility index (Phi) is 23.3. The molecule has 2 N–H and O–H groups in total. The van der Waals surface area contributed by atoms with Crippen LogP contribution in [0.15, 0.2) is 0 Å². The van der Waals surface area contributed by atoms with E-state index in [-0.39, 0.29) is 103 Å². The van der Waals surface area contributed by atoms with Gasteiger partial charge in [-0.3, -0.25) is 17.5 Å². The Balaban J connectivity index is -0.0000000216. The molecule has 0 saturated heterocycles. The van der Waals surface area contributed by atoms with Gasteiger partial charge in [0.25, 0.3) is 0 Å². The Morgan fingerprint density at radius 2 is 1.06 bits per heavy atom. The third-order valence-electron chi connectivity index (χ3n) is 0.347. The summed E-state index contributed by atoms with van der Waals surface area (Å²) in [4.78, 5) is 9.95. The molecule has 0 fully saturated rings. The van der Waals surface area contributed by atoms with Crippen LogP contribution < -0.4 is 0 Å². The molecule has 0 aliphatic heterocycles. The van der Waals surface area contributed by atoms with Crippen molar-refractivity contribution >= 4 is 124 Å². The summed E-state index contributed by atoms with van der Waals surface area (Å²) >= 11 is 0. The molecule has 0 spiro atoms. The van der Waals surface area contributed by atoms with Crippen LogP contribution in [-0.4, -0.2) is 130 Å². The molecule has 0 saturated carbocycles. The van der Waals surface area contributed by atoms with Crippen LogP contribution in [0.1, 0.15) is 5.71 Å². The molecule has 0 radical (unpaired) electrons. The summed E-state index contributed by atoms with van der Waals surface area (Å²) in [6, 6.07) is 0. The molecular weight excluding hydrogens is 356 g/mol. The van der Waals surface area contributed by atoms with E-state index in [9.17, 15) is 21.6 Å². The van der Waals surface area contributed by atoms with E-state index in [1.807, 2.05) is 0 Å². The molecule has 0 atom stereocenters. The van der Waals surface area contributed by atoms with Crippen LogP contribution >= 0.6 is 0 Å². The zero-order chi connectivity index (χ0) is 9.99. The van der Waals surface area contributed by atoms with Crippen LogP contribution in [0.5, 0.6) is 0 Å². The second-order valence-electron chi connectivity index (χ2n) is 1.27. The topological polar surface area (TPSA) is 144 Å². The van der Waals surface area contributed by atoms with Gasteiger partial charge >= 0.3 is 102 Å². The molecule has 16 heavy (non-hydrogen) atoms. The largest absolute Gasteiger partial charge is 2.00 e. The van der Waals surface area contributed by atoms with Gasteiger partial charge in [0.05, 0.1) is 0 Å². The van der Waals surface area contributed by atoms with Crippen molar-refractivity contribution < 1.29 is 44.8 Å². The number of rotatable bonds is 2. The van der Waals surface area contributed by atoms with E-state index in [1.165, 1.54) is 0 Å². The molecule has 0 aromatic carbocycles. The van der Waals surface area contributed by atoms with Crippen molar-refractivity contribution in [3.8, 4) is 0 Å². The van der Waals surface area contributed by atoms with Crippen molar-refractivity contribution in [1.29, 1.82) is 0 Å². The number of hydrogen-bond donors (Lipinski definition) is 2. The zero-order valence-electron chi connectivity index (χ0n) is 10.5. The van der Waals surface area contributed by atoms with Gasteiger partial charge in [0.15, 0.2) is 0 Å². The first kappa shape index (κ1) is 30.8. The van der Waals surface area contributed by atoms with E-state index >= 15 is 0 Å². The van der Waals surface area contributed by atoms with Gasteiger partial charge in [-0.2, -0.15) is 16.8 Å². The average Bonchev–Trinajstić information content (AvgIpc) is 1.49. The molecule has 0 amide bonds. The minimum Gasteiger partial charge on any atom is -1.00 e. The van der Waals surface area contributed by atoms with Crippen molar-refractivity contribution in [2.75, 3.05) is 0 Å². The van der Waals surface area contributed by atoms with Gasteiger partial charge in [0, 0.05) is 0 Å². The summed E-state index contributed by atoms with van der Waals surface area (Å²) in [6.07, 6.45) is -2.29. The first-order chi connectivity index (χ1) is 5.10. The fourth-order valence-electron chi connectivity index (χ4n) is 0.186. The molecule has 0 aliphatic carbocycles. The van der Waals surface area contributed by atoms with E-state index < -0.39 is 27.0 Å².